The Morgan fingerprint density at radius 3 is 2.38 bits per heavy atom. The van der Waals surface area contributed by atoms with Crippen LogP contribution < -0.4 is 5.32 Å². The fraction of sp³-hybridized carbons (Fsp3) is 0.400. The molecule has 0 unspecified atom stereocenters. The number of hydrogen-bond acceptors (Lipinski definition) is 5. The molecule has 0 aliphatic rings. The molecule has 0 saturated carbocycles. The number of rotatable bonds is 7. The number of carbonyl (C=O) groups is 2. The predicted molar refractivity (Wildman–Crippen MR) is 111 cm³/mol. The summed E-state index contributed by atoms with van der Waals surface area (Å²) in [6.45, 7) is 7.31. The van der Waals surface area contributed by atoms with Crippen LogP contribution in [0.4, 0.5) is 5.69 Å². The van der Waals surface area contributed by atoms with Crippen molar-refractivity contribution in [2.75, 3.05) is 26.0 Å². The molecular formula is C20H27N3O5S. The van der Waals surface area contributed by atoms with E-state index in [1.165, 1.54) is 32.3 Å². The fourth-order valence-electron chi connectivity index (χ4n) is 3.13. The van der Waals surface area contributed by atoms with E-state index in [1.54, 1.807) is 12.1 Å². The molecule has 0 spiro atoms. The smallest absolute Gasteiger partial charge is 0.340 e. The molecule has 29 heavy (non-hydrogen) atoms. The molecule has 0 atom stereocenters. The molecule has 0 saturated heterocycles. The van der Waals surface area contributed by atoms with Gasteiger partial charge < -0.3 is 14.6 Å². The van der Waals surface area contributed by atoms with E-state index in [0.29, 0.717) is 11.3 Å². The maximum atomic E-state index is 12.4. The molecule has 1 heterocycles. The number of anilines is 1. The predicted octanol–water partition coefficient (Wildman–Crippen LogP) is 2.73. The highest BCUT2D eigenvalue weighted by Crippen LogP contribution is 2.21. The Labute approximate surface area is 171 Å². The zero-order valence-corrected chi connectivity index (χ0v) is 18.3. The van der Waals surface area contributed by atoms with Crippen LogP contribution >= 0.6 is 0 Å². The van der Waals surface area contributed by atoms with Crippen LogP contribution in [0.25, 0.3) is 0 Å². The topological polar surface area (TPSA) is 97.7 Å². The molecule has 2 rings (SSSR count). The van der Waals surface area contributed by atoms with Gasteiger partial charge in [-0.05, 0) is 52.0 Å². The molecule has 0 aliphatic carbocycles. The van der Waals surface area contributed by atoms with Crippen molar-refractivity contribution in [3.63, 3.8) is 0 Å². The van der Waals surface area contributed by atoms with E-state index in [-0.39, 0.29) is 10.9 Å². The van der Waals surface area contributed by atoms with Gasteiger partial charge >= 0.3 is 5.97 Å². The Morgan fingerprint density at radius 1 is 1.17 bits per heavy atom. The largest absolute Gasteiger partial charge is 0.452 e. The lowest BCUT2D eigenvalue weighted by atomic mass is 10.2. The highest BCUT2D eigenvalue weighted by atomic mass is 32.2. The lowest BCUT2D eigenvalue weighted by Gasteiger charge is -2.13. The number of ether oxygens (including phenoxy) is 1. The van der Waals surface area contributed by atoms with Crippen molar-refractivity contribution >= 4 is 27.6 Å². The zero-order valence-electron chi connectivity index (χ0n) is 17.5. The lowest BCUT2D eigenvalue weighted by Crippen LogP contribution is -2.23. The van der Waals surface area contributed by atoms with Gasteiger partial charge in [-0.1, -0.05) is 6.07 Å². The first-order valence-corrected chi connectivity index (χ1v) is 10.6. The van der Waals surface area contributed by atoms with Gasteiger partial charge in [0.2, 0.25) is 10.0 Å². The Kier molecular flexibility index (Phi) is 6.86. The Bertz CT molecular complexity index is 1020. The zero-order chi connectivity index (χ0) is 21.9. The quantitative estimate of drug-likeness (QED) is 0.693. The summed E-state index contributed by atoms with van der Waals surface area (Å²) in [5.74, 6) is -1.14. The molecule has 158 valence electrons. The number of esters is 1. The van der Waals surface area contributed by atoms with Gasteiger partial charge in [0.1, 0.15) is 0 Å². The molecule has 1 aromatic carbocycles. The van der Waals surface area contributed by atoms with Gasteiger partial charge in [-0.25, -0.2) is 17.5 Å². The first-order chi connectivity index (χ1) is 13.4. The van der Waals surface area contributed by atoms with Crippen LogP contribution in [0.2, 0.25) is 0 Å². The second kappa shape index (κ2) is 8.79. The van der Waals surface area contributed by atoms with Crippen LogP contribution in [0.15, 0.2) is 35.2 Å². The highest BCUT2D eigenvalue weighted by molar-refractivity contribution is 7.89. The summed E-state index contributed by atoms with van der Waals surface area (Å²) in [7, 11) is -0.762. The van der Waals surface area contributed by atoms with Gasteiger partial charge in [0, 0.05) is 37.2 Å². The van der Waals surface area contributed by atoms with Crippen molar-refractivity contribution in [1.82, 2.24) is 8.87 Å². The minimum Gasteiger partial charge on any atom is -0.452 e. The van der Waals surface area contributed by atoms with Gasteiger partial charge in [0.05, 0.1) is 10.5 Å². The number of nitrogens with zero attached hydrogens (tertiary/aromatic N) is 2. The van der Waals surface area contributed by atoms with E-state index >= 15 is 0 Å². The van der Waals surface area contributed by atoms with Crippen molar-refractivity contribution in [3.8, 4) is 0 Å². The van der Waals surface area contributed by atoms with Crippen LogP contribution in [-0.2, 0) is 19.6 Å². The van der Waals surface area contributed by atoms with Gasteiger partial charge in [-0.2, -0.15) is 0 Å². The van der Waals surface area contributed by atoms with E-state index in [4.69, 9.17) is 4.74 Å². The number of amides is 1. The number of aromatic nitrogens is 1. The molecule has 1 N–H and O–H groups in total. The number of hydrogen-bond donors (Lipinski definition) is 1. The number of carbonyl (C=O) groups excluding carboxylic acids is 2. The van der Waals surface area contributed by atoms with E-state index < -0.39 is 28.5 Å². The van der Waals surface area contributed by atoms with Gasteiger partial charge in [-0.15, -0.1) is 0 Å². The Balaban J connectivity index is 2.04. The maximum absolute atomic E-state index is 12.4. The summed E-state index contributed by atoms with van der Waals surface area (Å²) in [6.07, 6.45) is 0. The van der Waals surface area contributed by atoms with Crippen molar-refractivity contribution in [3.05, 3.63) is 47.3 Å². The molecule has 9 heteroatoms. The molecule has 2 aromatic rings. The number of benzene rings is 1. The summed E-state index contributed by atoms with van der Waals surface area (Å²) >= 11 is 0. The van der Waals surface area contributed by atoms with E-state index in [9.17, 15) is 18.0 Å². The van der Waals surface area contributed by atoms with Gasteiger partial charge in [0.25, 0.3) is 5.91 Å². The summed E-state index contributed by atoms with van der Waals surface area (Å²) in [6, 6.07) is 7.82. The Hall–Kier alpha value is -2.65. The third kappa shape index (κ3) is 5.04. The van der Waals surface area contributed by atoms with Crippen molar-refractivity contribution in [2.45, 2.75) is 38.6 Å². The molecule has 0 bridgehead atoms. The van der Waals surface area contributed by atoms with Crippen LogP contribution in [0, 0.1) is 13.8 Å². The lowest BCUT2D eigenvalue weighted by molar-refractivity contribution is -0.119. The van der Waals surface area contributed by atoms with Crippen LogP contribution in [0.1, 0.15) is 41.6 Å². The standard InChI is InChI=1S/C20H27N3O5S/c1-13(2)23-14(3)10-18(15(23)4)20(25)28-12-19(24)21-16-8-7-9-17(11-16)29(26,27)22(5)6/h7-11,13H,12H2,1-6H3,(H,21,24). The monoisotopic (exact) mass is 421 g/mol. The van der Waals surface area contributed by atoms with Crippen LogP contribution in [0.3, 0.4) is 0 Å². The minimum absolute atomic E-state index is 0.0541. The Morgan fingerprint density at radius 2 is 1.83 bits per heavy atom. The molecule has 0 aliphatic heterocycles. The SMILES string of the molecule is Cc1cc(C(=O)OCC(=O)Nc2cccc(S(=O)(=O)N(C)C)c2)c(C)n1C(C)C. The van der Waals surface area contributed by atoms with E-state index in [2.05, 4.69) is 5.32 Å². The number of sulfonamides is 1. The van der Waals surface area contributed by atoms with E-state index in [1.807, 2.05) is 32.3 Å². The molecule has 1 aromatic heterocycles. The molecular weight excluding hydrogens is 394 g/mol. The molecule has 1 amide bonds. The van der Waals surface area contributed by atoms with Crippen LogP contribution in [0.5, 0.6) is 0 Å². The van der Waals surface area contributed by atoms with E-state index in [0.717, 1.165) is 15.7 Å². The van der Waals surface area contributed by atoms with Crippen LogP contribution in [-0.4, -0.2) is 49.9 Å². The molecule has 8 nitrogen and oxygen atoms in total. The fourth-order valence-corrected chi connectivity index (χ4v) is 4.08. The minimum atomic E-state index is -3.62. The summed E-state index contributed by atoms with van der Waals surface area (Å²) in [5, 5.41) is 2.55. The number of aryl methyl sites for hydroxylation is 1. The number of nitrogens with one attached hydrogen (secondary N) is 1. The van der Waals surface area contributed by atoms with Gasteiger partial charge in [0.15, 0.2) is 6.61 Å². The maximum Gasteiger partial charge on any atom is 0.340 e. The average molecular weight is 422 g/mol. The summed E-state index contributed by atoms with van der Waals surface area (Å²) in [4.78, 5) is 24.6. The summed E-state index contributed by atoms with van der Waals surface area (Å²) in [5.41, 5.74) is 2.44. The normalized spacial score (nSPS) is 11.7. The molecule has 0 fully saturated rings. The van der Waals surface area contributed by atoms with Crippen molar-refractivity contribution < 1.29 is 22.7 Å². The first kappa shape index (κ1) is 22.6. The first-order valence-electron chi connectivity index (χ1n) is 9.13. The van der Waals surface area contributed by atoms with Crippen molar-refractivity contribution in [2.24, 2.45) is 0 Å². The summed E-state index contributed by atoms with van der Waals surface area (Å²) < 4.78 is 32.6. The second-order valence-electron chi connectivity index (χ2n) is 7.19. The highest BCUT2D eigenvalue weighted by Gasteiger charge is 2.20. The van der Waals surface area contributed by atoms with Gasteiger partial charge in [-0.3, -0.25) is 4.79 Å². The molecule has 0 radical (unpaired) electrons. The van der Waals surface area contributed by atoms with Crippen molar-refractivity contribution in [1.29, 1.82) is 0 Å². The average Bonchev–Trinajstić information content (AvgIpc) is 2.94. The second-order valence-corrected chi connectivity index (χ2v) is 9.34. The third-order valence-electron chi connectivity index (χ3n) is 4.45. The third-order valence-corrected chi connectivity index (χ3v) is 6.26.